The summed E-state index contributed by atoms with van der Waals surface area (Å²) >= 11 is 7.09. The Balaban J connectivity index is 2.10. The highest BCUT2D eigenvalue weighted by atomic mass is 79.9. The van der Waals surface area contributed by atoms with Crippen LogP contribution in [-0.4, -0.2) is 12.6 Å². The van der Waals surface area contributed by atoms with Gasteiger partial charge in [-0.3, -0.25) is 0 Å². The van der Waals surface area contributed by atoms with Gasteiger partial charge >= 0.3 is 0 Å². The molecule has 0 aromatic heterocycles. The summed E-state index contributed by atoms with van der Waals surface area (Å²) in [7, 11) is 0. The second-order valence-electron chi connectivity index (χ2n) is 4.66. The van der Waals surface area contributed by atoms with E-state index in [4.69, 9.17) is 5.73 Å². The van der Waals surface area contributed by atoms with Crippen LogP contribution in [-0.2, 0) is 0 Å². The minimum atomic E-state index is 0.513. The standard InChI is InChI=1S/C13H18Br2N2/c14-10-5-6-11(15)13(7-10)17-12-4-2-1-3-9(12)8-16/h5-7,9,12,17H,1-4,8,16H2. The molecule has 17 heavy (non-hydrogen) atoms. The lowest BCUT2D eigenvalue weighted by atomic mass is 9.84. The van der Waals surface area contributed by atoms with Crippen molar-refractivity contribution in [3.63, 3.8) is 0 Å². The molecule has 1 aromatic carbocycles. The van der Waals surface area contributed by atoms with Gasteiger partial charge in [-0.25, -0.2) is 0 Å². The highest BCUT2D eigenvalue weighted by Crippen LogP contribution is 2.31. The summed E-state index contributed by atoms with van der Waals surface area (Å²) in [6.45, 7) is 0.781. The quantitative estimate of drug-likeness (QED) is 0.848. The van der Waals surface area contributed by atoms with E-state index in [2.05, 4.69) is 49.3 Å². The maximum absolute atomic E-state index is 5.85. The van der Waals surface area contributed by atoms with Gasteiger partial charge in [-0.1, -0.05) is 28.8 Å². The van der Waals surface area contributed by atoms with Crippen molar-refractivity contribution in [3.8, 4) is 0 Å². The number of hydrogen-bond donors (Lipinski definition) is 2. The van der Waals surface area contributed by atoms with Crippen molar-refractivity contribution >= 4 is 37.5 Å². The first-order valence-electron chi connectivity index (χ1n) is 6.12. The van der Waals surface area contributed by atoms with Crippen LogP contribution in [0.25, 0.3) is 0 Å². The van der Waals surface area contributed by atoms with Crippen LogP contribution in [0.5, 0.6) is 0 Å². The summed E-state index contributed by atoms with van der Waals surface area (Å²) in [6.07, 6.45) is 5.10. The molecule has 2 rings (SSSR count). The van der Waals surface area contributed by atoms with E-state index in [1.165, 1.54) is 25.7 Å². The summed E-state index contributed by atoms with van der Waals surface area (Å²) < 4.78 is 2.21. The minimum Gasteiger partial charge on any atom is -0.381 e. The number of rotatable bonds is 3. The summed E-state index contributed by atoms with van der Waals surface area (Å²) in [5.74, 6) is 0.606. The Morgan fingerprint density at radius 3 is 2.76 bits per heavy atom. The summed E-state index contributed by atoms with van der Waals surface area (Å²) in [5.41, 5.74) is 7.01. The van der Waals surface area contributed by atoms with Gasteiger partial charge in [-0.15, -0.1) is 0 Å². The molecule has 0 saturated heterocycles. The van der Waals surface area contributed by atoms with Crippen LogP contribution in [0.1, 0.15) is 25.7 Å². The zero-order chi connectivity index (χ0) is 12.3. The first kappa shape index (κ1) is 13.4. The summed E-state index contributed by atoms with van der Waals surface area (Å²) in [6, 6.07) is 6.73. The van der Waals surface area contributed by atoms with Crippen LogP contribution in [0.2, 0.25) is 0 Å². The lowest BCUT2D eigenvalue weighted by Gasteiger charge is -2.32. The molecule has 0 heterocycles. The first-order chi connectivity index (χ1) is 8.20. The highest BCUT2D eigenvalue weighted by Gasteiger charge is 2.24. The van der Waals surface area contributed by atoms with Crippen LogP contribution < -0.4 is 11.1 Å². The zero-order valence-corrected chi connectivity index (χ0v) is 12.9. The van der Waals surface area contributed by atoms with Gasteiger partial charge in [0.15, 0.2) is 0 Å². The first-order valence-corrected chi connectivity index (χ1v) is 7.71. The SMILES string of the molecule is NCC1CCCCC1Nc1cc(Br)ccc1Br. The molecule has 0 radical (unpaired) electrons. The maximum Gasteiger partial charge on any atom is 0.0498 e. The number of nitrogens with two attached hydrogens (primary N) is 1. The van der Waals surface area contributed by atoms with Crippen molar-refractivity contribution in [2.24, 2.45) is 11.7 Å². The number of anilines is 1. The van der Waals surface area contributed by atoms with E-state index in [0.717, 1.165) is 21.2 Å². The third kappa shape index (κ3) is 3.46. The Labute approximate surface area is 120 Å². The topological polar surface area (TPSA) is 38.0 Å². The average molecular weight is 362 g/mol. The molecule has 1 fully saturated rings. The Hall–Kier alpha value is -0.0600. The van der Waals surface area contributed by atoms with Crippen LogP contribution in [0.4, 0.5) is 5.69 Å². The second kappa shape index (κ2) is 6.21. The number of nitrogens with one attached hydrogen (secondary N) is 1. The Morgan fingerprint density at radius 2 is 2.00 bits per heavy atom. The van der Waals surface area contributed by atoms with E-state index in [1.807, 2.05) is 6.07 Å². The van der Waals surface area contributed by atoms with Crippen molar-refractivity contribution in [1.29, 1.82) is 0 Å². The van der Waals surface area contributed by atoms with Crippen LogP contribution >= 0.6 is 31.9 Å². The fourth-order valence-corrected chi connectivity index (χ4v) is 3.21. The van der Waals surface area contributed by atoms with Crippen LogP contribution in [0.3, 0.4) is 0 Å². The minimum absolute atomic E-state index is 0.513. The van der Waals surface area contributed by atoms with Gasteiger partial charge in [-0.2, -0.15) is 0 Å². The summed E-state index contributed by atoms with van der Waals surface area (Å²) in [5, 5.41) is 3.63. The average Bonchev–Trinajstić information content (AvgIpc) is 2.34. The molecule has 1 aliphatic rings. The molecule has 2 nitrogen and oxygen atoms in total. The molecule has 3 N–H and O–H groups in total. The molecule has 0 bridgehead atoms. The van der Waals surface area contributed by atoms with Gasteiger partial charge in [-0.05, 0) is 59.4 Å². The zero-order valence-electron chi connectivity index (χ0n) is 9.76. The van der Waals surface area contributed by atoms with E-state index in [1.54, 1.807) is 0 Å². The van der Waals surface area contributed by atoms with Crippen molar-refractivity contribution in [2.45, 2.75) is 31.7 Å². The van der Waals surface area contributed by atoms with Crippen molar-refractivity contribution < 1.29 is 0 Å². The van der Waals surface area contributed by atoms with Gasteiger partial charge in [0.2, 0.25) is 0 Å². The van der Waals surface area contributed by atoms with E-state index < -0.39 is 0 Å². The number of hydrogen-bond acceptors (Lipinski definition) is 2. The fraction of sp³-hybridized carbons (Fsp3) is 0.538. The Kier molecular flexibility index (Phi) is 4.88. The number of benzene rings is 1. The smallest absolute Gasteiger partial charge is 0.0498 e. The van der Waals surface area contributed by atoms with E-state index in [0.29, 0.717) is 12.0 Å². The fourth-order valence-electron chi connectivity index (χ4n) is 2.49. The molecule has 94 valence electrons. The second-order valence-corrected chi connectivity index (χ2v) is 6.43. The summed E-state index contributed by atoms with van der Waals surface area (Å²) in [4.78, 5) is 0. The van der Waals surface area contributed by atoms with Gasteiger partial charge < -0.3 is 11.1 Å². The molecule has 1 saturated carbocycles. The molecule has 2 atom stereocenters. The molecule has 4 heteroatoms. The maximum atomic E-state index is 5.85. The van der Waals surface area contributed by atoms with Crippen molar-refractivity contribution in [3.05, 3.63) is 27.1 Å². The molecule has 1 aromatic rings. The predicted molar refractivity (Wildman–Crippen MR) is 80.3 cm³/mol. The molecule has 0 amide bonds. The van der Waals surface area contributed by atoms with E-state index in [-0.39, 0.29) is 0 Å². The lowest BCUT2D eigenvalue weighted by Crippen LogP contribution is -2.36. The normalized spacial score (nSPS) is 24.6. The van der Waals surface area contributed by atoms with Gasteiger partial charge in [0.05, 0.1) is 0 Å². The molecular formula is C13H18Br2N2. The molecule has 2 unspecified atom stereocenters. The Bertz CT molecular complexity index is 382. The van der Waals surface area contributed by atoms with Crippen LogP contribution in [0.15, 0.2) is 27.1 Å². The van der Waals surface area contributed by atoms with E-state index in [9.17, 15) is 0 Å². The monoisotopic (exact) mass is 360 g/mol. The third-order valence-electron chi connectivity index (χ3n) is 3.48. The molecule has 0 aliphatic heterocycles. The largest absolute Gasteiger partial charge is 0.381 e. The Morgan fingerprint density at radius 1 is 1.24 bits per heavy atom. The molecule has 1 aliphatic carbocycles. The molecular weight excluding hydrogens is 344 g/mol. The molecule has 0 spiro atoms. The number of halogens is 2. The lowest BCUT2D eigenvalue weighted by molar-refractivity contribution is 0.332. The van der Waals surface area contributed by atoms with E-state index >= 15 is 0 Å². The van der Waals surface area contributed by atoms with Crippen molar-refractivity contribution in [2.75, 3.05) is 11.9 Å². The highest BCUT2D eigenvalue weighted by molar-refractivity contribution is 9.11. The third-order valence-corrected chi connectivity index (χ3v) is 4.67. The van der Waals surface area contributed by atoms with Crippen molar-refractivity contribution in [1.82, 2.24) is 0 Å². The predicted octanol–water partition coefficient (Wildman–Crippen LogP) is 4.14. The van der Waals surface area contributed by atoms with Gasteiger partial charge in [0.25, 0.3) is 0 Å². The van der Waals surface area contributed by atoms with Crippen LogP contribution in [0, 0.1) is 5.92 Å². The van der Waals surface area contributed by atoms with Gasteiger partial charge in [0.1, 0.15) is 0 Å². The van der Waals surface area contributed by atoms with Gasteiger partial charge in [0, 0.05) is 20.7 Å².